The highest BCUT2D eigenvalue weighted by Gasteiger charge is 2.12. The molecule has 0 aliphatic carbocycles. The van der Waals surface area contributed by atoms with Gasteiger partial charge in [0.1, 0.15) is 0 Å². The molecule has 0 N–H and O–H groups in total. The minimum atomic E-state index is 0.486. The third-order valence-corrected chi connectivity index (χ3v) is 3.99. The topological polar surface area (TPSA) is 3.24 Å². The molecule has 2 aromatic carbocycles. The predicted octanol–water partition coefficient (Wildman–Crippen LogP) is 4.98. The van der Waals surface area contributed by atoms with Crippen LogP contribution in [0.25, 0.3) is 11.1 Å². The van der Waals surface area contributed by atoms with Crippen LogP contribution in [0.1, 0.15) is 36.1 Å². The molecule has 0 aliphatic heterocycles. The fourth-order valence-corrected chi connectivity index (χ4v) is 2.86. The minimum Gasteiger partial charge on any atom is -0.302 e. The Morgan fingerprint density at radius 1 is 1.00 bits per heavy atom. The van der Waals surface area contributed by atoms with Crippen molar-refractivity contribution in [3.05, 3.63) is 59.2 Å². The summed E-state index contributed by atoms with van der Waals surface area (Å²) in [6.07, 6.45) is 1.13. The number of nitrogens with zero attached hydrogens (tertiary/aromatic N) is 1. The van der Waals surface area contributed by atoms with Crippen molar-refractivity contribution in [3.8, 4) is 11.1 Å². The van der Waals surface area contributed by atoms with Gasteiger partial charge >= 0.3 is 0 Å². The lowest BCUT2D eigenvalue weighted by Crippen LogP contribution is -2.19. The van der Waals surface area contributed by atoms with Crippen LogP contribution in [-0.2, 0) is 0 Å². The number of hydrogen-bond donors (Lipinski definition) is 0. The van der Waals surface area contributed by atoms with Gasteiger partial charge in [0.05, 0.1) is 0 Å². The van der Waals surface area contributed by atoms with Gasteiger partial charge in [0.2, 0.25) is 0 Å². The molecule has 106 valence electrons. The van der Waals surface area contributed by atoms with Gasteiger partial charge in [0.25, 0.3) is 0 Å². The first-order valence-corrected chi connectivity index (χ1v) is 7.37. The maximum absolute atomic E-state index is 2.34. The van der Waals surface area contributed by atoms with Gasteiger partial charge in [0, 0.05) is 6.04 Å². The maximum Gasteiger partial charge on any atom is 0.0339 e. The van der Waals surface area contributed by atoms with Crippen molar-refractivity contribution in [1.82, 2.24) is 4.90 Å². The molecule has 20 heavy (non-hydrogen) atoms. The lowest BCUT2D eigenvalue weighted by atomic mass is 9.94. The van der Waals surface area contributed by atoms with E-state index in [-0.39, 0.29) is 0 Å². The van der Waals surface area contributed by atoms with Gasteiger partial charge in [-0.3, -0.25) is 0 Å². The van der Waals surface area contributed by atoms with Crippen LogP contribution in [0.5, 0.6) is 0 Å². The monoisotopic (exact) mass is 267 g/mol. The number of aryl methyl sites for hydroxylation is 2. The van der Waals surface area contributed by atoms with E-state index in [2.05, 4.69) is 82.2 Å². The summed E-state index contributed by atoms with van der Waals surface area (Å²) >= 11 is 0. The molecule has 0 heterocycles. The molecular formula is C19H25N. The van der Waals surface area contributed by atoms with E-state index in [0.717, 1.165) is 6.42 Å². The van der Waals surface area contributed by atoms with E-state index in [1.807, 2.05) is 0 Å². The van der Waals surface area contributed by atoms with Crippen molar-refractivity contribution >= 4 is 0 Å². The maximum atomic E-state index is 2.34. The summed E-state index contributed by atoms with van der Waals surface area (Å²) in [5, 5.41) is 0. The van der Waals surface area contributed by atoms with Gasteiger partial charge in [0.15, 0.2) is 0 Å². The Bertz CT molecular complexity index is 584. The van der Waals surface area contributed by atoms with Crippen molar-refractivity contribution in [2.45, 2.75) is 33.2 Å². The Labute approximate surface area is 123 Å². The number of benzene rings is 2. The predicted molar refractivity (Wildman–Crippen MR) is 88.1 cm³/mol. The molecule has 1 atom stereocenters. The Kier molecular flexibility index (Phi) is 4.61. The van der Waals surface area contributed by atoms with Crippen LogP contribution in [-0.4, -0.2) is 19.0 Å². The largest absolute Gasteiger partial charge is 0.302 e. The smallest absolute Gasteiger partial charge is 0.0339 e. The Morgan fingerprint density at radius 2 is 1.75 bits per heavy atom. The standard InChI is InChI=1S/C19H25N/c1-6-19(20(4)5)17-9-7-8-16(13-17)18-12-14(2)10-11-15(18)3/h7-13,19H,6H2,1-5H3. The summed E-state index contributed by atoms with van der Waals surface area (Å²) in [6, 6.07) is 16.1. The van der Waals surface area contributed by atoms with Crippen LogP contribution in [0.4, 0.5) is 0 Å². The first kappa shape index (κ1) is 14.8. The molecule has 0 radical (unpaired) electrons. The van der Waals surface area contributed by atoms with E-state index >= 15 is 0 Å². The first-order chi connectivity index (χ1) is 9.52. The van der Waals surface area contributed by atoms with Crippen LogP contribution in [0.3, 0.4) is 0 Å². The lowest BCUT2D eigenvalue weighted by Gasteiger charge is -2.24. The molecule has 0 fully saturated rings. The minimum absolute atomic E-state index is 0.486. The van der Waals surface area contributed by atoms with Crippen LogP contribution < -0.4 is 0 Å². The fraction of sp³-hybridized carbons (Fsp3) is 0.368. The molecule has 1 unspecified atom stereocenters. The number of hydrogen-bond acceptors (Lipinski definition) is 1. The van der Waals surface area contributed by atoms with Crippen LogP contribution in [0.15, 0.2) is 42.5 Å². The van der Waals surface area contributed by atoms with Gasteiger partial charge in [-0.1, -0.05) is 48.9 Å². The van der Waals surface area contributed by atoms with Crippen molar-refractivity contribution < 1.29 is 0 Å². The highest BCUT2D eigenvalue weighted by molar-refractivity contribution is 5.68. The van der Waals surface area contributed by atoms with Crippen LogP contribution in [0, 0.1) is 13.8 Å². The van der Waals surface area contributed by atoms with Gasteiger partial charge < -0.3 is 4.90 Å². The second kappa shape index (κ2) is 6.23. The average molecular weight is 267 g/mol. The zero-order valence-electron chi connectivity index (χ0n) is 13.3. The molecule has 1 nitrogen and oxygen atoms in total. The molecule has 0 spiro atoms. The summed E-state index contributed by atoms with van der Waals surface area (Å²) in [7, 11) is 4.30. The lowest BCUT2D eigenvalue weighted by molar-refractivity contribution is 0.292. The quantitative estimate of drug-likeness (QED) is 0.755. The van der Waals surface area contributed by atoms with Gasteiger partial charge in [-0.25, -0.2) is 0 Å². The van der Waals surface area contributed by atoms with E-state index < -0.39 is 0 Å². The van der Waals surface area contributed by atoms with E-state index in [1.165, 1.54) is 27.8 Å². The SMILES string of the molecule is CCC(c1cccc(-c2cc(C)ccc2C)c1)N(C)C. The third-order valence-electron chi connectivity index (χ3n) is 3.99. The molecule has 2 rings (SSSR count). The van der Waals surface area contributed by atoms with E-state index in [4.69, 9.17) is 0 Å². The van der Waals surface area contributed by atoms with Crippen molar-refractivity contribution in [2.75, 3.05) is 14.1 Å². The molecule has 0 bridgehead atoms. The highest BCUT2D eigenvalue weighted by Crippen LogP contribution is 2.29. The second-order valence-electron chi connectivity index (χ2n) is 5.83. The summed E-state index contributed by atoms with van der Waals surface area (Å²) in [6.45, 7) is 6.58. The Hall–Kier alpha value is -1.60. The third kappa shape index (κ3) is 3.10. The molecule has 0 aromatic heterocycles. The second-order valence-corrected chi connectivity index (χ2v) is 5.83. The molecule has 1 heteroatoms. The summed E-state index contributed by atoms with van der Waals surface area (Å²) in [5.74, 6) is 0. The summed E-state index contributed by atoms with van der Waals surface area (Å²) in [4.78, 5) is 2.29. The van der Waals surface area contributed by atoms with E-state index in [0.29, 0.717) is 6.04 Å². The van der Waals surface area contributed by atoms with Crippen molar-refractivity contribution in [3.63, 3.8) is 0 Å². The zero-order valence-corrected chi connectivity index (χ0v) is 13.3. The molecular weight excluding hydrogens is 242 g/mol. The summed E-state index contributed by atoms with van der Waals surface area (Å²) < 4.78 is 0. The highest BCUT2D eigenvalue weighted by atomic mass is 15.1. The zero-order chi connectivity index (χ0) is 14.7. The Balaban J connectivity index is 2.46. The summed E-state index contributed by atoms with van der Waals surface area (Å²) in [5.41, 5.74) is 6.72. The molecule has 0 amide bonds. The van der Waals surface area contributed by atoms with Crippen molar-refractivity contribution in [2.24, 2.45) is 0 Å². The molecule has 0 saturated carbocycles. The first-order valence-electron chi connectivity index (χ1n) is 7.37. The molecule has 0 aliphatic rings. The van der Waals surface area contributed by atoms with Gasteiger partial charge in [-0.15, -0.1) is 0 Å². The van der Waals surface area contributed by atoms with Gasteiger partial charge in [-0.2, -0.15) is 0 Å². The molecule has 2 aromatic rings. The van der Waals surface area contributed by atoms with Crippen LogP contribution in [0.2, 0.25) is 0 Å². The fourth-order valence-electron chi connectivity index (χ4n) is 2.86. The Morgan fingerprint density at radius 3 is 2.40 bits per heavy atom. The van der Waals surface area contributed by atoms with E-state index in [9.17, 15) is 0 Å². The number of rotatable bonds is 4. The molecule has 0 saturated heterocycles. The van der Waals surface area contributed by atoms with Crippen molar-refractivity contribution in [1.29, 1.82) is 0 Å². The van der Waals surface area contributed by atoms with Crippen LogP contribution >= 0.6 is 0 Å². The normalized spacial score (nSPS) is 12.7. The van der Waals surface area contributed by atoms with Gasteiger partial charge in [-0.05, 0) is 62.7 Å². The van der Waals surface area contributed by atoms with E-state index in [1.54, 1.807) is 0 Å². The average Bonchev–Trinajstić information content (AvgIpc) is 2.42.